The van der Waals surface area contributed by atoms with E-state index in [1.165, 1.54) is 0 Å². The molecule has 1 N–H and O–H groups in total. The molecule has 0 fully saturated rings. The molecule has 0 aliphatic rings. The van der Waals surface area contributed by atoms with E-state index in [0.717, 1.165) is 33.4 Å². The van der Waals surface area contributed by atoms with Gasteiger partial charge in [0.1, 0.15) is 12.4 Å². The van der Waals surface area contributed by atoms with Crippen molar-refractivity contribution in [2.24, 2.45) is 0 Å². The highest BCUT2D eigenvalue weighted by Gasteiger charge is 2.17. The number of fused-ring (bicyclic) bond motifs is 1. The van der Waals surface area contributed by atoms with E-state index in [4.69, 9.17) is 16.6 Å². The van der Waals surface area contributed by atoms with Gasteiger partial charge in [0.15, 0.2) is 0 Å². The van der Waals surface area contributed by atoms with Crippen LogP contribution in [0.25, 0.3) is 22.4 Å². The Morgan fingerprint density at radius 2 is 1.79 bits per heavy atom. The van der Waals surface area contributed by atoms with Crippen LogP contribution in [0, 0.1) is 13.8 Å². The summed E-state index contributed by atoms with van der Waals surface area (Å²) >= 11 is 6.41. The van der Waals surface area contributed by atoms with Gasteiger partial charge in [-0.3, -0.25) is 4.79 Å². The maximum atomic E-state index is 12.9. The van der Waals surface area contributed by atoms with Gasteiger partial charge in [0, 0.05) is 11.3 Å². The minimum Gasteiger partial charge on any atom is -0.324 e. The number of para-hydroxylation sites is 2. The molecular weight excluding hydrogens is 370 g/mol. The smallest absolute Gasteiger partial charge is 0.244 e. The van der Waals surface area contributed by atoms with E-state index in [2.05, 4.69) is 5.32 Å². The van der Waals surface area contributed by atoms with E-state index >= 15 is 0 Å². The molecule has 0 unspecified atom stereocenters. The molecule has 0 atom stereocenters. The average molecular weight is 390 g/mol. The molecule has 1 amide bonds. The maximum Gasteiger partial charge on any atom is 0.244 e. The van der Waals surface area contributed by atoms with E-state index in [9.17, 15) is 4.79 Å². The molecule has 1 aromatic heterocycles. The Morgan fingerprint density at radius 3 is 2.61 bits per heavy atom. The third kappa shape index (κ3) is 3.51. The van der Waals surface area contributed by atoms with Gasteiger partial charge in [-0.25, -0.2) is 4.98 Å². The van der Waals surface area contributed by atoms with Gasteiger partial charge >= 0.3 is 0 Å². The number of hydrogen-bond acceptors (Lipinski definition) is 2. The summed E-state index contributed by atoms with van der Waals surface area (Å²) in [7, 11) is 0. The second-order valence-electron chi connectivity index (χ2n) is 6.86. The first-order chi connectivity index (χ1) is 13.5. The van der Waals surface area contributed by atoms with E-state index in [0.29, 0.717) is 10.8 Å². The predicted octanol–water partition coefficient (Wildman–Crippen LogP) is 5.61. The first-order valence-corrected chi connectivity index (χ1v) is 9.48. The number of rotatable bonds is 4. The standard InChI is InChI=1S/C23H20ClN3O/c1-15-11-12-16(2)20(13-15)25-22(28)14-27-21-10-6-5-9-19(21)26-23(27)17-7-3-4-8-18(17)24/h3-13H,14H2,1-2H3,(H,25,28). The van der Waals surface area contributed by atoms with Gasteiger partial charge in [0.25, 0.3) is 0 Å². The lowest BCUT2D eigenvalue weighted by Crippen LogP contribution is -2.20. The number of hydrogen-bond donors (Lipinski definition) is 1. The molecular formula is C23H20ClN3O. The summed E-state index contributed by atoms with van der Waals surface area (Å²) in [5, 5.41) is 3.63. The Balaban J connectivity index is 1.73. The maximum absolute atomic E-state index is 12.9. The zero-order valence-corrected chi connectivity index (χ0v) is 16.5. The summed E-state index contributed by atoms with van der Waals surface area (Å²) in [6.07, 6.45) is 0. The molecule has 4 nitrogen and oxygen atoms in total. The van der Waals surface area contributed by atoms with Crippen molar-refractivity contribution in [3.63, 3.8) is 0 Å². The molecule has 0 saturated carbocycles. The highest BCUT2D eigenvalue weighted by Crippen LogP contribution is 2.30. The van der Waals surface area contributed by atoms with Crippen molar-refractivity contribution in [1.82, 2.24) is 9.55 Å². The Kier molecular flexibility index (Phi) is 4.88. The van der Waals surface area contributed by atoms with E-state index < -0.39 is 0 Å². The summed E-state index contributed by atoms with van der Waals surface area (Å²) < 4.78 is 1.91. The monoisotopic (exact) mass is 389 g/mol. The van der Waals surface area contributed by atoms with Gasteiger partial charge < -0.3 is 9.88 Å². The van der Waals surface area contributed by atoms with Crippen LogP contribution in [0.3, 0.4) is 0 Å². The zero-order valence-electron chi connectivity index (χ0n) is 15.7. The fourth-order valence-electron chi connectivity index (χ4n) is 3.29. The molecule has 0 radical (unpaired) electrons. The van der Waals surface area contributed by atoms with Gasteiger partial charge in [-0.2, -0.15) is 0 Å². The van der Waals surface area contributed by atoms with Crippen molar-refractivity contribution in [2.75, 3.05) is 5.32 Å². The molecule has 0 aliphatic carbocycles. The molecule has 0 saturated heterocycles. The molecule has 1 heterocycles. The van der Waals surface area contributed by atoms with Crippen molar-refractivity contribution < 1.29 is 4.79 Å². The van der Waals surface area contributed by atoms with Crippen molar-refractivity contribution >= 4 is 34.2 Å². The second kappa shape index (κ2) is 7.49. The normalized spacial score (nSPS) is 11.0. The fourth-order valence-corrected chi connectivity index (χ4v) is 3.51. The van der Waals surface area contributed by atoms with Crippen LogP contribution in [0.5, 0.6) is 0 Å². The molecule has 28 heavy (non-hydrogen) atoms. The Bertz CT molecular complexity index is 1180. The summed E-state index contributed by atoms with van der Waals surface area (Å²) in [5.41, 5.74) is 5.49. The first-order valence-electron chi connectivity index (χ1n) is 9.10. The Hall–Kier alpha value is -3.11. The van der Waals surface area contributed by atoms with Crippen LogP contribution in [0.4, 0.5) is 5.69 Å². The van der Waals surface area contributed by atoms with Crippen LogP contribution in [0.2, 0.25) is 5.02 Å². The van der Waals surface area contributed by atoms with Crippen molar-refractivity contribution in [3.05, 3.63) is 82.9 Å². The Labute approximate surface area is 168 Å². The summed E-state index contributed by atoms with van der Waals surface area (Å²) in [5.74, 6) is 0.577. The van der Waals surface area contributed by atoms with Crippen LogP contribution in [-0.2, 0) is 11.3 Å². The quantitative estimate of drug-likeness (QED) is 0.493. The second-order valence-corrected chi connectivity index (χ2v) is 7.26. The highest BCUT2D eigenvalue weighted by atomic mass is 35.5. The predicted molar refractivity (Wildman–Crippen MR) is 115 cm³/mol. The summed E-state index contributed by atoms with van der Waals surface area (Å²) in [4.78, 5) is 17.6. The molecule has 0 spiro atoms. The van der Waals surface area contributed by atoms with E-state index in [1.54, 1.807) is 0 Å². The van der Waals surface area contributed by atoms with Crippen LogP contribution < -0.4 is 5.32 Å². The number of carbonyl (C=O) groups is 1. The summed E-state index contributed by atoms with van der Waals surface area (Å²) in [6, 6.07) is 21.4. The first kappa shape index (κ1) is 18.3. The largest absolute Gasteiger partial charge is 0.324 e. The Morgan fingerprint density at radius 1 is 1.04 bits per heavy atom. The van der Waals surface area contributed by atoms with Crippen molar-refractivity contribution in [1.29, 1.82) is 0 Å². The van der Waals surface area contributed by atoms with Crippen molar-refractivity contribution in [3.8, 4) is 11.4 Å². The number of halogens is 1. The number of aromatic nitrogens is 2. The number of amides is 1. The topological polar surface area (TPSA) is 46.9 Å². The number of carbonyl (C=O) groups excluding carboxylic acids is 1. The lowest BCUT2D eigenvalue weighted by molar-refractivity contribution is -0.116. The molecule has 3 aromatic carbocycles. The van der Waals surface area contributed by atoms with Crippen LogP contribution in [0.1, 0.15) is 11.1 Å². The minimum absolute atomic E-state index is 0.106. The fraction of sp³-hybridized carbons (Fsp3) is 0.130. The van der Waals surface area contributed by atoms with Gasteiger partial charge in [-0.1, -0.05) is 48.0 Å². The average Bonchev–Trinajstić information content (AvgIpc) is 3.03. The third-order valence-corrected chi connectivity index (χ3v) is 5.07. The lowest BCUT2D eigenvalue weighted by Gasteiger charge is -2.13. The van der Waals surface area contributed by atoms with Gasteiger partial charge in [0.2, 0.25) is 5.91 Å². The van der Waals surface area contributed by atoms with Crippen LogP contribution >= 0.6 is 11.6 Å². The van der Waals surface area contributed by atoms with Crippen molar-refractivity contribution in [2.45, 2.75) is 20.4 Å². The number of nitrogens with one attached hydrogen (secondary N) is 1. The number of aryl methyl sites for hydroxylation is 2. The zero-order chi connectivity index (χ0) is 19.7. The van der Waals surface area contributed by atoms with Crippen LogP contribution in [-0.4, -0.2) is 15.5 Å². The number of nitrogens with zero attached hydrogens (tertiary/aromatic N) is 2. The molecule has 0 bridgehead atoms. The lowest BCUT2D eigenvalue weighted by atomic mass is 10.1. The molecule has 0 aliphatic heterocycles. The number of benzene rings is 3. The molecule has 140 valence electrons. The van der Waals surface area contributed by atoms with Gasteiger partial charge in [-0.15, -0.1) is 0 Å². The number of imidazole rings is 1. The summed E-state index contributed by atoms with van der Waals surface area (Å²) in [6.45, 7) is 4.14. The molecule has 5 heteroatoms. The molecule has 4 rings (SSSR count). The number of anilines is 1. The third-order valence-electron chi connectivity index (χ3n) is 4.74. The SMILES string of the molecule is Cc1ccc(C)c(NC(=O)Cn2c(-c3ccccc3Cl)nc3ccccc32)c1. The van der Waals surface area contributed by atoms with E-state index in [1.807, 2.05) is 85.1 Å². The van der Waals surface area contributed by atoms with Gasteiger partial charge in [0.05, 0.1) is 16.1 Å². The van der Waals surface area contributed by atoms with Crippen LogP contribution in [0.15, 0.2) is 66.7 Å². The van der Waals surface area contributed by atoms with Gasteiger partial charge in [-0.05, 0) is 55.3 Å². The van der Waals surface area contributed by atoms with E-state index in [-0.39, 0.29) is 12.5 Å². The molecule has 4 aromatic rings. The highest BCUT2D eigenvalue weighted by molar-refractivity contribution is 6.33. The minimum atomic E-state index is -0.106.